The first-order valence-electron chi connectivity index (χ1n) is 13.4. The van der Waals surface area contributed by atoms with E-state index in [9.17, 15) is 19.2 Å². The maximum Gasteiger partial charge on any atom is 0.345 e. The van der Waals surface area contributed by atoms with Gasteiger partial charge in [-0.3, -0.25) is 19.2 Å². The third kappa shape index (κ3) is 6.89. The van der Waals surface area contributed by atoms with Crippen LogP contribution in [0.1, 0.15) is 77.7 Å². The molecule has 2 heterocycles. The number of amides is 3. The predicted molar refractivity (Wildman–Crippen MR) is 136 cm³/mol. The lowest BCUT2D eigenvalue weighted by atomic mass is 9.85. The van der Waals surface area contributed by atoms with Crippen LogP contribution in [0.25, 0.3) is 0 Å². The van der Waals surface area contributed by atoms with Crippen LogP contribution < -0.4 is 5.32 Å². The standard InChI is InChI=1S/C28H39N3O6/c1-27(2,3)37-24(33)13-9-5-8-12-21(32)17-29-25(34)22-16-28(14-15-28)23-18-30(22)26(35)31(23)36-19-20-10-6-4-7-11-20/h4,6-7,10-11,22-23H,5,8-9,12-19H2,1-3H3,(H,29,34)/t22-,23-/m0/s1. The van der Waals surface area contributed by atoms with Crippen molar-refractivity contribution in [1.29, 1.82) is 0 Å². The molecule has 1 aliphatic carbocycles. The number of carbonyl (C=O) groups is 4. The molecule has 1 aromatic carbocycles. The van der Waals surface area contributed by atoms with E-state index in [0.717, 1.165) is 24.8 Å². The molecule has 1 spiro atoms. The van der Waals surface area contributed by atoms with Crippen LogP contribution in [0.15, 0.2) is 30.3 Å². The second-order valence-corrected chi connectivity index (χ2v) is 11.5. The Morgan fingerprint density at radius 3 is 2.43 bits per heavy atom. The van der Waals surface area contributed by atoms with Gasteiger partial charge in [0.25, 0.3) is 0 Å². The van der Waals surface area contributed by atoms with Crippen LogP contribution in [0.2, 0.25) is 0 Å². The van der Waals surface area contributed by atoms with E-state index < -0.39 is 11.6 Å². The van der Waals surface area contributed by atoms with Crippen LogP contribution in [-0.4, -0.2) is 64.4 Å². The third-order valence-electron chi connectivity index (χ3n) is 7.39. The zero-order valence-electron chi connectivity index (χ0n) is 22.2. The van der Waals surface area contributed by atoms with Gasteiger partial charge in [0.15, 0.2) is 5.78 Å². The number of esters is 1. The number of rotatable bonds is 12. The SMILES string of the molecule is CC(C)(C)OC(=O)CCCCCC(=O)CNC(=O)[C@@H]1CC2(CC2)[C@@H]2CN1C(=O)N2OCc1ccccc1. The van der Waals surface area contributed by atoms with Crippen molar-refractivity contribution in [3.63, 3.8) is 0 Å². The van der Waals surface area contributed by atoms with Crippen molar-refractivity contribution < 1.29 is 28.8 Å². The molecule has 9 heteroatoms. The Morgan fingerprint density at radius 1 is 1.05 bits per heavy atom. The summed E-state index contributed by atoms with van der Waals surface area (Å²) in [5, 5.41) is 4.24. The number of Topliss-reactive ketones (excluding diaryl/α,β-unsaturated/α-hetero) is 1. The Hall–Kier alpha value is -2.94. The molecule has 3 amide bonds. The zero-order chi connectivity index (χ0) is 26.6. The van der Waals surface area contributed by atoms with Gasteiger partial charge in [-0.05, 0) is 63.9 Å². The number of piperidine rings is 1. The molecule has 3 aliphatic rings. The predicted octanol–water partition coefficient (Wildman–Crippen LogP) is 3.75. The van der Waals surface area contributed by atoms with E-state index in [0.29, 0.717) is 45.3 Å². The van der Waals surface area contributed by atoms with Crippen LogP contribution in [0.3, 0.4) is 0 Å². The van der Waals surface area contributed by atoms with Crippen LogP contribution in [0.5, 0.6) is 0 Å². The summed E-state index contributed by atoms with van der Waals surface area (Å²) < 4.78 is 5.28. The number of carbonyl (C=O) groups excluding carboxylic acids is 4. The average Bonchev–Trinajstić information content (AvgIpc) is 3.55. The summed E-state index contributed by atoms with van der Waals surface area (Å²) in [5.74, 6) is -0.558. The number of urea groups is 1. The minimum absolute atomic E-state index is 0.0462. The molecule has 2 saturated heterocycles. The minimum atomic E-state index is -0.585. The number of unbranched alkanes of at least 4 members (excludes halogenated alkanes) is 2. The highest BCUT2D eigenvalue weighted by Gasteiger charge is 2.64. The number of hydrogen-bond donors (Lipinski definition) is 1. The molecule has 1 aromatic rings. The number of hydrogen-bond acceptors (Lipinski definition) is 6. The summed E-state index contributed by atoms with van der Waals surface area (Å²) in [6.45, 7) is 6.23. The van der Waals surface area contributed by atoms with Gasteiger partial charge < -0.3 is 15.0 Å². The lowest BCUT2D eigenvalue weighted by Crippen LogP contribution is -2.53. The number of ketones is 1. The van der Waals surface area contributed by atoms with E-state index in [2.05, 4.69) is 5.32 Å². The summed E-state index contributed by atoms with van der Waals surface area (Å²) in [7, 11) is 0. The first-order chi connectivity index (χ1) is 17.6. The number of benzene rings is 1. The fraction of sp³-hybridized carbons (Fsp3) is 0.643. The lowest BCUT2D eigenvalue weighted by Gasteiger charge is -2.35. The Morgan fingerprint density at radius 2 is 1.76 bits per heavy atom. The van der Waals surface area contributed by atoms with E-state index in [1.165, 1.54) is 5.06 Å². The maximum atomic E-state index is 13.2. The van der Waals surface area contributed by atoms with Gasteiger partial charge in [0.2, 0.25) is 5.91 Å². The highest BCUT2D eigenvalue weighted by atomic mass is 16.7. The quantitative estimate of drug-likeness (QED) is 0.337. The molecule has 2 bridgehead atoms. The molecule has 202 valence electrons. The number of nitrogens with zero attached hydrogens (tertiary/aromatic N) is 2. The maximum absolute atomic E-state index is 13.2. The lowest BCUT2D eigenvalue weighted by molar-refractivity contribution is -0.154. The summed E-state index contributed by atoms with van der Waals surface area (Å²) in [5.41, 5.74) is 0.408. The molecular weight excluding hydrogens is 474 g/mol. The van der Waals surface area contributed by atoms with Crippen molar-refractivity contribution >= 4 is 23.7 Å². The number of fused-ring (bicyclic) bond motifs is 3. The summed E-state index contributed by atoms with van der Waals surface area (Å²) in [4.78, 5) is 57.8. The van der Waals surface area contributed by atoms with Gasteiger partial charge in [0.05, 0.1) is 12.6 Å². The highest BCUT2D eigenvalue weighted by molar-refractivity contribution is 5.92. The number of nitrogens with one attached hydrogen (secondary N) is 1. The molecule has 2 atom stereocenters. The fourth-order valence-electron chi connectivity index (χ4n) is 5.28. The zero-order valence-corrected chi connectivity index (χ0v) is 22.2. The molecule has 0 aromatic heterocycles. The van der Waals surface area contributed by atoms with Crippen molar-refractivity contribution in [3.8, 4) is 0 Å². The van der Waals surface area contributed by atoms with Crippen molar-refractivity contribution in [2.24, 2.45) is 5.41 Å². The largest absolute Gasteiger partial charge is 0.460 e. The number of hydroxylamine groups is 2. The fourth-order valence-corrected chi connectivity index (χ4v) is 5.28. The van der Waals surface area contributed by atoms with E-state index in [1.54, 1.807) is 4.90 Å². The van der Waals surface area contributed by atoms with Gasteiger partial charge in [-0.2, -0.15) is 5.06 Å². The van der Waals surface area contributed by atoms with Crippen LogP contribution >= 0.6 is 0 Å². The Bertz CT molecular complexity index is 1000. The summed E-state index contributed by atoms with van der Waals surface area (Å²) in [6, 6.07) is 8.79. The van der Waals surface area contributed by atoms with Crippen molar-refractivity contribution in [1.82, 2.24) is 15.3 Å². The van der Waals surface area contributed by atoms with Crippen molar-refractivity contribution in [2.45, 2.75) is 96.4 Å². The van der Waals surface area contributed by atoms with Gasteiger partial charge in [-0.15, -0.1) is 0 Å². The highest BCUT2D eigenvalue weighted by Crippen LogP contribution is 2.59. The van der Waals surface area contributed by atoms with E-state index in [-0.39, 0.29) is 41.7 Å². The van der Waals surface area contributed by atoms with E-state index >= 15 is 0 Å². The summed E-state index contributed by atoms with van der Waals surface area (Å²) in [6.07, 6.45) is 5.28. The van der Waals surface area contributed by atoms with Gasteiger partial charge in [0.1, 0.15) is 18.2 Å². The van der Waals surface area contributed by atoms with Crippen LogP contribution in [0.4, 0.5) is 4.79 Å². The van der Waals surface area contributed by atoms with Crippen molar-refractivity contribution in [2.75, 3.05) is 13.1 Å². The molecule has 2 aliphatic heterocycles. The van der Waals surface area contributed by atoms with Gasteiger partial charge in [-0.1, -0.05) is 36.8 Å². The van der Waals surface area contributed by atoms with Gasteiger partial charge >= 0.3 is 12.0 Å². The van der Waals surface area contributed by atoms with Crippen LogP contribution in [0, 0.1) is 5.41 Å². The molecule has 4 rings (SSSR count). The topological polar surface area (TPSA) is 105 Å². The van der Waals surface area contributed by atoms with Gasteiger partial charge in [0, 0.05) is 19.4 Å². The average molecular weight is 514 g/mol. The first kappa shape index (κ1) is 27.1. The monoisotopic (exact) mass is 513 g/mol. The Labute approximate surface area is 218 Å². The third-order valence-corrected chi connectivity index (χ3v) is 7.39. The molecule has 1 saturated carbocycles. The molecule has 37 heavy (non-hydrogen) atoms. The normalized spacial score (nSPS) is 21.8. The second kappa shape index (κ2) is 11.2. The van der Waals surface area contributed by atoms with Gasteiger partial charge in [-0.25, -0.2) is 4.79 Å². The smallest absolute Gasteiger partial charge is 0.345 e. The molecule has 0 unspecified atom stereocenters. The second-order valence-electron chi connectivity index (χ2n) is 11.5. The van der Waals surface area contributed by atoms with E-state index in [4.69, 9.17) is 9.57 Å². The first-order valence-corrected chi connectivity index (χ1v) is 13.4. The molecule has 1 N–H and O–H groups in total. The summed E-state index contributed by atoms with van der Waals surface area (Å²) >= 11 is 0. The van der Waals surface area contributed by atoms with Crippen LogP contribution in [-0.2, 0) is 30.6 Å². The Balaban J connectivity index is 1.20. The minimum Gasteiger partial charge on any atom is -0.460 e. The number of ether oxygens (including phenoxy) is 1. The molecular formula is C28H39N3O6. The van der Waals surface area contributed by atoms with E-state index in [1.807, 2.05) is 51.1 Å². The molecule has 3 fully saturated rings. The molecule has 0 radical (unpaired) electrons. The van der Waals surface area contributed by atoms with Crippen molar-refractivity contribution in [3.05, 3.63) is 35.9 Å². The molecule has 9 nitrogen and oxygen atoms in total. The Kier molecular flexibility index (Phi) is 8.21.